The highest BCUT2D eigenvalue weighted by Crippen LogP contribution is 2.35. The minimum Gasteiger partial charge on any atom is -0.367 e. The summed E-state index contributed by atoms with van der Waals surface area (Å²) >= 11 is 0. The maximum Gasteiger partial charge on any atom is 0.262 e. The highest BCUT2D eigenvalue weighted by molar-refractivity contribution is 6.24. The monoisotopic (exact) mass is 446 g/mol. The lowest BCUT2D eigenvalue weighted by Crippen LogP contribution is -2.54. The summed E-state index contributed by atoms with van der Waals surface area (Å²) in [5.74, 6) is -1.92. The van der Waals surface area contributed by atoms with Crippen LogP contribution in [0.25, 0.3) is 0 Å². The molecule has 1 saturated heterocycles. The zero-order valence-corrected chi connectivity index (χ0v) is 18.3. The molecular formula is C25H26N4O4. The number of carbonyl (C=O) groups is 4. The van der Waals surface area contributed by atoms with Crippen molar-refractivity contribution < 1.29 is 19.2 Å². The van der Waals surface area contributed by atoms with Gasteiger partial charge in [0.1, 0.15) is 6.04 Å². The number of anilines is 1. The number of fused-ring (bicyclic) bond motifs is 2. The Morgan fingerprint density at radius 2 is 1.76 bits per heavy atom. The average Bonchev–Trinajstić information content (AvgIpc) is 3.05. The first kappa shape index (κ1) is 21.3. The van der Waals surface area contributed by atoms with Gasteiger partial charge in [-0.15, -0.1) is 0 Å². The van der Waals surface area contributed by atoms with E-state index in [9.17, 15) is 19.2 Å². The van der Waals surface area contributed by atoms with E-state index in [1.165, 1.54) is 16.8 Å². The van der Waals surface area contributed by atoms with Crippen LogP contribution in [0.4, 0.5) is 5.69 Å². The quantitative estimate of drug-likeness (QED) is 0.674. The number of nitrogens with zero attached hydrogens (tertiary/aromatic N) is 2. The summed E-state index contributed by atoms with van der Waals surface area (Å²) in [6.07, 6.45) is 3.02. The molecule has 1 atom stereocenters. The van der Waals surface area contributed by atoms with E-state index in [1.807, 2.05) is 6.07 Å². The van der Waals surface area contributed by atoms with Gasteiger partial charge in [0.15, 0.2) is 0 Å². The van der Waals surface area contributed by atoms with Crippen LogP contribution < -0.4 is 16.0 Å². The summed E-state index contributed by atoms with van der Waals surface area (Å²) in [7, 11) is 0. The number of amides is 4. The minimum absolute atomic E-state index is 0.102. The predicted octanol–water partition coefficient (Wildman–Crippen LogP) is 1.54. The summed E-state index contributed by atoms with van der Waals surface area (Å²) in [4.78, 5) is 53.7. The van der Waals surface area contributed by atoms with Crippen LogP contribution in [-0.2, 0) is 29.0 Å². The van der Waals surface area contributed by atoms with E-state index < -0.39 is 23.8 Å². The van der Waals surface area contributed by atoms with Gasteiger partial charge in [-0.25, -0.2) is 0 Å². The van der Waals surface area contributed by atoms with Gasteiger partial charge in [0.25, 0.3) is 11.8 Å². The third-order valence-electron chi connectivity index (χ3n) is 6.72. The summed E-state index contributed by atoms with van der Waals surface area (Å²) in [5, 5.41) is 2.24. The Bertz CT molecular complexity index is 1170. The number of aryl methyl sites for hydroxylation is 1. The second-order valence-corrected chi connectivity index (χ2v) is 8.78. The Labute approximate surface area is 191 Å². The first-order valence-corrected chi connectivity index (χ1v) is 11.4. The van der Waals surface area contributed by atoms with Crippen LogP contribution in [0, 0.1) is 0 Å². The molecule has 3 N–H and O–H groups in total. The molecular weight excluding hydrogens is 420 g/mol. The van der Waals surface area contributed by atoms with Gasteiger partial charge in [-0.3, -0.25) is 29.4 Å². The van der Waals surface area contributed by atoms with Crippen molar-refractivity contribution in [3.63, 3.8) is 0 Å². The van der Waals surface area contributed by atoms with Gasteiger partial charge in [0.2, 0.25) is 11.8 Å². The zero-order valence-electron chi connectivity index (χ0n) is 18.3. The molecule has 5 rings (SSSR count). The Morgan fingerprint density at radius 3 is 2.55 bits per heavy atom. The molecule has 8 heteroatoms. The van der Waals surface area contributed by atoms with Gasteiger partial charge in [0.05, 0.1) is 11.1 Å². The molecule has 1 unspecified atom stereocenters. The SMILES string of the molecule is NCCc1cccc2c1N(Cc1cccc3c1C(=O)N(C1CCC(=O)NC1=O)C3=O)CCC2. The van der Waals surface area contributed by atoms with Crippen molar-refractivity contribution in [2.24, 2.45) is 5.73 Å². The van der Waals surface area contributed by atoms with Crippen LogP contribution in [0.5, 0.6) is 0 Å². The topological polar surface area (TPSA) is 113 Å². The fraction of sp³-hybridized carbons (Fsp3) is 0.360. The molecule has 3 heterocycles. The first-order valence-electron chi connectivity index (χ1n) is 11.4. The number of hydrogen-bond donors (Lipinski definition) is 2. The van der Waals surface area contributed by atoms with E-state index in [1.54, 1.807) is 12.1 Å². The van der Waals surface area contributed by atoms with E-state index in [0.717, 1.165) is 36.3 Å². The van der Waals surface area contributed by atoms with Gasteiger partial charge in [-0.05, 0) is 55.0 Å². The van der Waals surface area contributed by atoms with E-state index in [0.29, 0.717) is 24.2 Å². The first-order chi connectivity index (χ1) is 16.0. The summed E-state index contributed by atoms with van der Waals surface area (Å²) < 4.78 is 0. The number of nitrogens with two attached hydrogens (primary N) is 1. The van der Waals surface area contributed by atoms with E-state index in [4.69, 9.17) is 5.73 Å². The zero-order chi connectivity index (χ0) is 23.1. The number of nitrogens with one attached hydrogen (secondary N) is 1. The standard InChI is InChI=1S/C25H26N4O4/c26-12-11-16-5-1-4-15-7-3-13-28(22(15)16)14-17-6-2-8-18-21(17)25(33)29(24(18)32)19-9-10-20(30)27-23(19)31/h1-2,4-6,8,19H,3,7,9-14,26H2,(H,27,30,31). The number of hydrogen-bond acceptors (Lipinski definition) is 6. The van der Waals surface area contributed by atoms with Crippen molar-refractivity contribution >= 4 is 29.3 Å². The molecule has 1 fully saturated rings. The largest absolute Gasteiger partial charge is 0.367 e. The van der Waals surface area contributed by atoms with E-state index in [-0.39, 0.29) is 18.7 Å². The Balaban J connectivity index is 1.48. The van der Waals surface area contributed by atoms with Gasteiger partial charge in [-0.2, -0.15) is 0 Å². The molecule has 0 radical (unpaired) electrons. The lowest BCUT2D eigenvalue weighted by molar-refractivity contribution is -0.136. The molecule has 0 saturated carbocycles. The van der Waals surface area contributed by atoms with Crippen molar-refractivity contribution in [1.82, 2.24) is 10.2 Å². The molecule has 0 spiro atoms. The number of imide groups is 2. The number of carbonyl (C=O) groups excluding carboxylic acids is 4. The van der Waals surface area contributed by atoms with Gasteiger partial charge >= 0.3 is 0 Å². The second-order valence-electron chi connectivity index (χ2n) is 8.78. The number of para-hydroxylation sites is 1. The van der Waals surface area contributed by atoms with Gasteiger partial charge in [0, 0.05) is 25.2 Å². The summed E-state index contributed by atoms with van der Waals surface area (Å²) in [6, 6.07) is 10.6. The second kappa shape index (κ2) is 8.44. The Kier molecular flexibility index (Phi) is 5.46. The van der Waals surface area contributed by atoms with Gasteiger partial charge in [-0.1, -0.05) is 30.3 Å². The maximum atomic E-state index is 13.4. The fourth-order valence-corrected chi connectivity index (χ4v) is 5.26. The van der Waals surface area contributed by atoms with E-state index >= 15 is 0 Å². The third-order valence-corrected chi connectivity index (χ3v) is 6.72. The minimum atomic E-state index is -0.963. The third kappa shape index (κ3) is 3.60. The van der Waals surface area contributed by atoms with Crippen LogP contribution in [0.15, 0.2) is 36.4 Å². The van der Waals surface area contributed by atoms with Crippen LogP contribution >= 0.6 is 0 Å². The molecule has 8 nitrogen and oxygen atoms in total. The molecule has 2 aromatic rings. The normalized spacial score (nSPS) is 20.1. The molecule has 0 aliphatic carbocycles. The summed E-state index contributed by atoms with van der Waals surface area (Å²) in [6.45, 7) is 1.89. The number of benzene rings is 2. The van der Waals surface area contributed by atoms with Crippen molar-refractivity contribution in [1.29, 1.82) is 0 Å². The Hall–Kier alpha value is -3.52. The van der Waals surface area contributed by atoms with Crippen LogP contribution in [-0.4, -0.2) is 47.7 Å². The highest BCUT2D eigenvalue weighted by Gasteiger charge is 2.45. The van der Waals surface area contributed by atoms with Crippen molar-refractivity contribution in [3.8, 4) is 0 Å². The molecule has 0 aromatic heterocycles. The number of piperidine rings is 1. The lowest BCUT2D eigenvalue weighted by Gasteiger charge is -2.34. The molecule has 33 heavy (non-hydrogen) atoms. The fourth-order valence-electron chi connectivity index (χ4n) is 5.26. The van der Waals surface area contributed by atoms with Crippen molar-refractivity contribution in [3.05, 3.63) is 64.2 Å². The maximum absolute atomic E-state index is 13.4. The van der Waals surface area contributed by atoms with Crippen LogP contribution in [0.1, 0.15) is 56.7 Å². The smallest absolute Gasteiger partial charge is 0.262 e. The lowest BCUT2D eigenvalue weighted by atomic mass is 9.94. The van der Waals surface area contributed by atoms with Crippen molar-refractivity contribution in [2.75, 3.05) is 18.0 Å². The van der Waals surface area contributed by atoms with Crippen LogP contribution in [0.2, 0.25) is 0 Å². The number of rotatable bonds is 5. The highest BCUT2D eigenvalue weighted by atomic mass is 16.2. The summed E-state index contributed by atoms with van der Waals surface area (Å²) in [5.41, 5.74) is 10.9. The molecule has 3 aliphatic heterocycles. The molecule has 3 aliphatic rings. The predicted molar refractivity (Wildman–Crippen MR) is 122 cm³/mol. The average molecular weight is 447 g/mol. The molecule has 4 amide bonds. The Morgan fingerprint density at radius 1 is 0.970 bits per heavy atom. The van der Waals surface area contributed by atoms with Crippen molar-refractivity contribution in [2.45, 2.75) is 44.7 Å². The van der Waals surface area contributed by atoms with Crippen LogP contribution in [0.3, 0.4) is 0 Å². The molecule has 2 aromatic carbocycles. The molecule has 0 bridgehead atoms. The molecule has 170 valence electrons. The van der Waals surface area contributed by atoms with E-state index in [2.05, 4.69) is 28.4 Å². The van der Waals surface area contributed by atoms with Gasteiger partial charge < -0.3 is 10.6 Å².